The summed E-state index contributed by atoms with van der Waals surface area (Å²) in [6.07, 6.45) is 0. The molecule has 2 aromatic heterocycles. The van der Waals surface area contributed by atoms with E-state index in [4.69, 9.17) is 5.11 Å². The van der Waals surface area contributed by atoms with Crippen molar-refractivity contribution < 1.29 is 9.90 Å². The van der Waals surface area contributed by atoms with Gasteiger partial charge in [-0.2, -0.15) is 0 Å². The van der Waals surface area contributed by atoms with Gasteiger partial charge in [-0.25, -0.2) is 4.79 Å². The molecule has 4 heteroatoms. The zero-order chi connectivity index (χ0) is 20.0. The highest BCUT2D eigenvalue weighted by molar-refractivity contribution is 5.90. The van der Waals surface area contributed by atoms with Crippen LogP contribution in [0.25, 0.3) is 33.4 Å². The summed E-state index contributed by atoms with van der Waals surface area (Å²) >= 11 is 0. The number of aromatic carboxylic acids is 1. The van der Waals surface area contributed by atoms with Crippen molar-refractivity contribution in [2.45, 2.75) is 33.7 Å². The molecular formula is C24H24N2O2. The largest absolute Gasteiger partial charge is 0.478 e. The summed E-state index contributed by atoms with van der Waals surface area (Å²) in [6, 6.07) is 18.1. The predicted octanol–water partition coefficient (Wildman–Crippen LogP) is 6.20. The Balaban J connectivity index is 1.73. The third kappa shape index (κ3) is 2.91. The first-order chi connectivity index (χ1) is 13.4. The highest BCUT2D eigenvalue weighted by Crippen LogP contribution is 2.33. The number of aryl methyl sites for hydroxylation is 1. The first-order valence-electron chi connectivity index (χ1n) is 9.51. The number of fused-ring (bicyclic) bond motifs is 1. The van der Waals surface area contributed by atoms with Crippen LogP contribution in [0, 0.1) is 13.8 Å². The number of rotatable bonds is 4. The molecule has 2 aromatic carbocycles. The molecule has 0 bridgehead atoms. The maximum atomic E-state index is 11.0. The minimum absolute atomic E-state index is 0.293. The van der Waals surface area contributed by atoms with Crippen LogP contribution in [0.2, 0.25) is 0 Å². The molecule has 0 saturated heterocycles. The fourth-order valence-electron chi connectivity index (χ4n) is 3.96. The average molecular weight is 372 g/mol. The van der Waals surface area contributed by atoms with E-state index in [2.05, 4.69) is 61.5 Å². The van der Waals surface area contributed by atoms with Crippen molar-refractivity contribution in [3.63, 3.8) is 0 Å². The molecule has 0 fully saturated rings. The standard InChI is InChI=1S/C24H24N2O2/c1-14(2)26-16(4)15(3)20-13-19(9-12-23(20)26)22-11-10-21(25-22)17-5-7-18(8-6-17)24(27)28/h5-14,25H,1-4H3,(H,27,28). The lowest BCUT2D eigenvalue weighted by atomic mass is 10.1. The van der Waals surface area contributed by atoms with Crippen LogP contribution in [-0.2, 0) is 0 Å². The van der Waals surface area contributed by atoms with Crippen molar-refractivity contribution in [2.24, 2.45) is 0 Å². The van der Waals surface area contributed by atoms with Crippen LogP contribution in [0.3, 0.4) is 0 Å². The molecule has 0 atom stereocenters. The van der Waals surface area contributed by atoms with Crippen molar-refractivity contribution in [1.29, 1.82) is 0 Å². The van der Waals surface area contributed by atoms with Crippen molar-refractivity contribution in [3.05, 3.63) is 71.4 Å². The van der Waals surface area contributed by atoms with Crippen LogP contribution in [0.15, 0.2) is 54.6 Å². The first-order valence-corrected chi connectivity index (χ1v) is 9.51. The van der Waals surface area contributed by atoms with E-state index < -0.39 is 5.97 Å². The minimum Gasteiger partial charge on any atom is -0.478 e. The Kier molecular flexibility index (Phi) is 4.34. The molecule has 4 aromatic rings. The summed E-state index contributed by atoms with van der Waals surface area (Å²) in [5.74, 6) is -0.911. The van der Waals surface area contributed by atoms with Gasteiger partial charge in [0.15, 0.2) is 0 Å². The lowest BCUT2D eigenvalue weighted by Gasteiger charge is -2.12. The number of nitrogens with zero attached hydrogens (tertiary/aromatic N) is 1. The second-order valence-electron chi connectivity index (χ2n) is 7.57. The van der Waals surface area contributed by atoms with E-state index in [1.807, 2.05) is 18.2 Å². The Labute approximate surface area is 164 Å². The number of aromatic amines is 1. The van der Waals surface area contributed by atoms with E-state index in [1.165, 1.54) is 22.2 Å². The molecular weight excluding hydrogens is 348 g/mol. The third-order valence-corrected chi connectivity index (χ3v) is 5.52. The molecule has 4 nitrogen and oxygen atoms in total. The van der Waals surface area contributed by atoms with Crippen LogP contribution < -0.4 is 0 Å². The van der Waals surface area contributed by atoms with Gasteiger partial charge < -0.3 is 14.7 Å². The molecule has 28 heavy (non-hydrogen) atoms. The zero-order valence-electron chi connectivity index (χ0n) is 16.6. The van der Waals surface area contributed by atoms with Crippen LogP contribution >= 0.6 is 0 Å². The fraction of sp³-hybridized carbons (Fsp3) is 0.208. The molecule has 0 aliphatic carbocycles. The number of aromatic nitrogens is 2. The number of hydrogen-bond donors (Lipinski definition) is 2. The molecule has 2 heterocycles. The topological polar surface area (TPSA) is 58.0 Å². The molecule has 0 aliphatic heterocycles. The van der Waals surface area contributed by atoms with Gasteiger partial charge in [-0.05, 0) is 80.8 Å². The van der Waals surface area contributed by atoms with E-state index in [9.17, 15) is 4.79 Å². The summed E-state index contributed by atoms with van der Waals surface area (Å²) in [5, 5.41) is 10.3. The Morgan fingerprint density at radius 3 is 2.14 bits per heavy atom. The van der Waals surface area contributed by atoms with Gasteiger partial charge in [-0.15, -0.1) is 0 Å². The van der Waals surface area contributed by atoms with Gasteiger partial charge >= 0.3 is 5.97 Å². The predicted molar refractivity (Wildman–Crippen MR) is 114 cm³/mol. The summed E-state index contributed by atoms with van der Waals surface area (Å²) in [6.45, 7) is 8.80. The maximum Gasteiger partial charge on any atom is 0.335 e. The molecule has 0 spiro atoms. The van der Waals surface area contributed by atoms with E-state index in [0.717, 1.165) is 22.5 Å². The summed E-state index contributed by atoms with van der Waals surface area (Å²) in [5.41, 5.74) is 8.33. The van der Waals surface area contributed by atoms with Gasteiger partial charge in [-0.1, -0.05) is 18.2 Å². The quantitative estimate of drug-likeness (QED) is 0.448. The molecule has 0 saturated carbocycles. The molecule has 0 aliphatic rings. The molecule has 0 radical (unpaired) electrons. The van der Waals surface area contributed by atoms with Crippen LogP contribution in [0.4, 0.5) is 0 Å². The van der Waals surface area contributed by atoms with Crippen LogP contribution in [0.5, 0.6) is 0 Å². The van der Waals surface area contributed by atoms with Gasteiger partial charge in [-0.3, -0.25) is 0 Å². The van der Waals surface area contributed by atoms with E-state index in [-0.39, 0.29) is 0 Å². The summed E-state index contributed by atoms with van der Waals surface area (Å²) in [4.78, 5) is 14.5. The van der Waals surface area contributed by atoms with Gasteiger partial charge in [0.1, 0.15) is 0 Å². The number of carboxylic acids is 1. The molecule has 142 valence electrons. The molecule has 4 rings (SSSR count). The Bertz CT molecular complexity index is 1180. The van der Waals surface area contributed by atoms with Crippen LogP contribution in [0.1, 0.15) is 41.5 Å². The van der Waals surface area contributed by atoms with E-state index in [1.54, 1.807) is 12.1 Å². The van der Waals surface area contributed by atoms with Crippen molar-refractivity contribution in [1.82, 2.24) is 9.55 Å². The fourth-order valence-corrected chi connectivity index (χ4v) is 3.96. The summed E-state index contributed by atoms with van der Waals surface area (Å²) in [7, 11) is 0. The van der Waals surface area contributed by atoms with Gasteiger partial charge in [0.2, 0.25) is 0 Å². The highest BCUT2D eigenvalue weighted by Gasteiger charge is 2.14. The molecule has 0 unspecified atom stereocenters. The number of carbonyl (C=O) groups is 1. The van der Waals surface area contributed by atoms with Gasteiger partial charge in [0.25, 0.3) is 0 Å². The lowest BCUT2D eigenvalue weighted by Crippen LogP contribution is -2.02. The first kappa shape index (κ1) is 18.1. The smallest absolute Gasteiger partial charge is 0.335 e. The number of H-pyrrole nitrogens is 1. The second kappa shape index (κ2) is 6.71. The van der Waals surface area contributed by atoms with Crippen molar-refractivity contribution >= 4 is 16.9 Å². The monoisotopic (exact) mass is 372 g/mol. The van der Waals surface area contributed by atoms with Gasteiger partial charge in [0, 0.05) is 34.0 Å². The number of hydrogen-bond acceptors (Lipinski definition) is 1. The van der Waals surface area contributed by atoms with E-state index in [0.29, 0.717) is 11.6 Å². The third-order valence-electron chi connectivity index (χ3n) is 5.52. The lowest BCUT2D eigenvalue weighted by molar-refractivity contribution is 0.0697. The summed E-state index contributed by atoms with van der Waals surface area (Å²) < 4.78 is 2.39. The van der Waals surface area contributed by atoms with Crippen LogP contribution in [-0.4, -0.2) is 20.6 Å². The molecule has 2 N–H and O–H groups in total. The van der Waals surface area contributed by atoms with Gasteiger partial charge in [0.05, 0.1) is 5.56 Å². The molecule has 0 amide bonds. The normalized spacial score (nSPS) is 11.5. The SMILES string of the molecule is Cc1c(C)n(C(C)C)c2ccc(-c3ccc(-c4ccc(C(=O)O)cc4)[nH]3)cc12. The number of nitrogens with one attached hydrogen (secondary N) is 1. The highest BCUT2D eigenvalue weighted by atomic mass is 16.4. The Morgan fingerprint density at radius 1 is 0.929 bits per heavy atom. The zero-order valence-corrected chi connectivity index (χ0v) is 16.6. The van der Waals surface area contributed by atoms with Crippen molar-refractivity contribution in [3.8, 4) is 22.5 Å². The Morgan fingerprint density at radius 2 is 1.54 bits per heavy atom. The number of carboxylic acid groups (broad SMARTS) is 1. The second-order valence-corrected chi connectivity index (χ2v) is 7.57. The average Bonchev–Trinajstić information content (AvgIpc) is 3.26. The van der Waals surface area contributed by atoms with Crippen molar-refractivity contribution in [2.75, 3.05) is 0 Å². The maximum absolute atomic E-state index is 11.0. The van der Waals surface area contributed by atoms with E-state index >= 15 is 0 Å². The Hall–Kier alpha value is -3.27. The minimum atomic E-state index is -0.911. The number of benzene rings is 2.